The first-order valence-corrected chi connectivity index (χ1v) is 9.42. The molecule has 0 aliphatic carbocycles. The lowest BCUT2D eigenvalue weighted by molar-refractivity contribution is -0.156. The molecule has 0 bridgehead atoms. The quantitative estimate of drug-likeness (QED) is 0.671. The van der Waals surface area contributed by atoms with Gasteiger partial charge in [0.05, 0.1) is 4.87 Å². The summed E-state index contributed by atoms with van der Waals surface area (Å²) in [4.78, 5) is 48.6. The normalized spacial score (nSPS) is 25.0. The molecule has 2 aliphatic rings. The number of nitrogens with zero attached hydrogens (tertiary/aromatic N) is 1. The zero-order valence-electron chi connectivity index (χ0n) is 14.8. The average Bonchev–Trinajstić information content (AvgIpc) is 3.01. The Morgan fingerprint density at radius 1 is 1.40 bits per heavy atom. The summed E-state index contributed by atoms with van der Waals surface area (Å²) < 4.78 is 4.99. The number of amides is 4. The maximum atomic E-state index is 12.2. The molecule has 140 valence electrons. The number of ether oxygens (including phenoxy) is 1. The van der Waals surface area contributed by atoms with E-state index < -0.39 is 30.6 Å². The molecule has 2 aliphatic heterocycles. The van der Waals surface area contributed by atoms with Gasteiger partial charge in [-0.05, 0) is 25.7 Å². The minimum Gasteiger partial charge on any atom is -0.454 e. The molecule has 0 aromatic heterocycles. The van der Waals surface area contributed by atoms with Crippen molar-refractivity contribution >= 4 is 35.6 Å². The number of nitrogens with one attached hydrogen (secondary N) is 2. The van der Waals surface area contributed by atoms with E-state index in [0.717, 1.165) is 6.42 Å². The molecule has 2 heterocycles. The van der Waals surface area contributed by atoms with E-state index in [1.807, 2.05) is 20.8 Å². The van der Waals surface area contributed by atoms with Crippen LogP contribution in [0.2, 0.25) is 0 Å². The minimum absolute atomic E-state index is 0.0663. The second kappa shape index (κ2) is 8.07. The van der Waals surface area contributed by atoms with E-state index in [9.17, 15) is 19.2 Å². The first kappa shape index (κ1) is 19.6. The highest BCUT2D eigenvalue weighted by molar-refractivity contribution is 8.01. The Labute approximate surface area is 151 Å². The number of carbonyl (C=O) groups excluding carboxylic acids is 4. The Morgan fingerprint density at radius 2 is 2.12 bits per heavy atom. The predicted octanol–water partition coefficient (Wildman–Crippen LogP) is 0.856. The molecule has 2 rings (SSSR count). The highest BCUT2D eigenvalue weighted by Gasteiger charge is 2.53. The van der Waals surface area contributed by atoms with Crippen LogP contribution in [0.25, 0.3) is 0 Å². The number of thioether (sulfide) groups is 1. The van der Waals surface area contributed by atoms with Gasteiger partial charge in [0, 0.05) is 18.7 Å². The molecular formula is C16H25N3O5S. The van der Waals surface area contributed by atoms with Crippen LogP contribution in [-0.2, 0) is 19.1 Å². The molecule has 8 nitrogen and oxygen atoms in total. The van der Waals surface area contributed by atoms with Crippen molar-refractivity contribution < 1.29 is 23.9 Å². The van der Waals surface area contributed by atoms with Crippen molar-refractivity contribution in [2.24, 2.45) is 5.92 Å². The fourth-order valence-electron chi connectivity index (χ4n) is 2.91. The largest absolute Gasteiger partial charge is 0.454 e. The molecule has 2 N–H and O–H groups in total. The number of imide groups is 1. The molecule has 0 unspecified atom stereocenters. The van der Waals surface area contributed by atoms with Crippen LogP contribution in [0.5, 0.6) is 0 Å². The van der Waals surface area contributed by atoms with Gasteiger partial charge in [-0.1, -0.05) is 13.8 Å². The number of hydrogen-bond donors (Lipinski definition) is 2. The van der Waals surface area contributed by atoms with Gasteiger partial charge in [-0.15, -0.1) is 11.8 Å². The summed E-state index contributed by atoms with van der Waals surface area (Å²) >= 11 is 1.55. The van der Waals surface area contributed by atoms with Crippen molar-refractivity contribution in [2.75, 3.05) is 18.9 Å². The molecular weight excluding hydrogens is 346 g/mol. The van der Waals surface area contributed by atoms with E-state index in [4.69, 9.17) is 4.74 Å². The molecule has 0 spiro atoms. The molecule has 0 aromatic rings. The summed E-state index contributed by atoms with van der Waals surface area (Å²) in [6.45, 7) is 5.91. The molecule has 0 saturated carbocycles. The zero-order chi connectivity index (χ0) is 18.6. The van der Waals surface area contributed by atoms with E-state index in [1.54, 1.807) is 16.7 Å². The summed E-state index contributed by atoms with van der Waals surface area (Å²) in [6, 6.07) is -1.28. The number of carbonyl (C=O) groups is 4. The lowest BCUT2D eigenvalue weighted by Gasteiger charge is -2.29. The third-order valence-electron chi connectivity index (χ3n) is 4.32. The van der Waals surface area contributed by atoms with Crippen LogP contribution in [0.1, 0.15) is 40.0 Å². The standard InChI is InChI=1S/C16H25N3O5S/c1-10(2)5-7-17-15(23)18-12(20)8-24-14(22)11-9-25-16(3)6-4-13(21)19(11)16/h10-11H,4-9H2,1-3H3,(H2,17,18,20,23)/t11-,16+/m1/s1. The van der Waals surface area contributed by atoms with E-state index in [0.29, 0.717) is 31.1 Å². The van der Waals surface area contributed by atoms with Crippen LogP contribution in [0.4, 0.5) is 4.79 Å². The van der Waals surface area contributed by atoms with Gasteiger partial charge < -0.3 is 15.0 Å². The van der Waals surface area contributed by atoms with Crippen LogP contribution in [0, 0.1) is 5.92 Å². The van der Waals surface area contributed by atoms with E-state index in [1.165, 1.54) is 0 Å². The van der Waals surface area contributed by atoms with Crippen LogP contribution in [0.15, 0.2) is 0 Å². The van der Waals surface area contributed by atoms with Gasteiger partial charge in [-0.3, -0.25) is 14.9 Å². The fraction of sp³-hybridized carbons (Fsp3) is 0.750. The number of esters is 1. The second-order valence-electron chi connectivity index (χ2n) is 6.86. The van der Waals surface area contributed by atoms with Gasteiger partial charge in [0.1, 0.15) is 6.04 Å². The lowest BCUT2D eigenvalue weighted by Crippen LogP contribution is -2.47. The number of hydrogen-bond acceptors (Lipinski definition) is 6. The molecule has 9 heteroatoms. The number of urea groups is 1. The maximum Gasteiger partial charge on any atom is 0.330 e. The molecule has 0 aromatic carbocycles. The molecule has 2 fully saturated rings. The Morgan fingerprint density at radius 3 is 2.80 bits per heavy atom. The highest BCUT2D eigenvalue weighted by Crippen LogP contribution is 2.47. The Hall–Kier alpha value is -1.77. The minimum atomic E-state index is -0.698. The fourth-order valence-corrected chi connectivity index (χ4v) is 4.33. The number of rotatable bonds is 6. The van der Waals surface area contributed by atoms with Gasteiger partial charge in [0.2, 0.25) is 5.91 Å². The number of fused-ring (bicyclic) bond motifs is 1. The Kier molecular flexibility index (Phi) is 6.31. The molecule has 4 amide bonds. The SMILES string of the molecule is CC(C)CCNC(=O)NC(=O)COC(=O)[C@H]1CS[C@@]2(C)CCC(=O)N12. The van der Waals surface area contributed by atoms with Gasteiger partial charge in [0.25, 0.3) is 5.91 Å². The third kappa shape index (κ3) is 4.87. The van der Waals surface area contributed by atoms with Crippen LogP contribution >= 0.6 is 11.8 Å². The van der Waals surface area contributed by atoms with Gasteiger partial charge in [0.15, 0.2) is 6.61 Å². The second-order valence-corrected chi connectivity index (χ2v) is 8.36. The van der Waals surface area contributed by atoms with E-state index in [2.05, 4.69) is 10.6 Å². The summed E-state index contributed by atoms with van der Waals surface area (Å²) in [5.41, 5.74) is 0. The van der Waals surface area contributed by atoms with Crippen molar-refractivity contribution in [3.05, 3.63) is 0 Å². The summed E-state index contributed by atoms with van der Waals surface area (Å²) in [5, 5.41) is 4.67. The smallest absolute Gasteiger partial charge is 0.330 e. The average molecular weight is 371 g/mol. The van der Waals surface area contributed by atoms with Crippen molar-refractivity contribution in [3.8, 4) is 0 Å². The zero-order valence-corrected chi connectivity index (χ0v) is 15.6. The van der Waals surface area contributed by atoms with Crippen molar-refractivity contribution in [2.45, 2.75) is 50.9 Å². The topological polar surface area (TPSA) is 105 Å². The highest BCUT2D eigenvalue weighted by atomic mass is 32.2. The molecule has 2 atom stereocenters. The van der Waals surface area contributed by atoms with Crippen molar-refractivity contribution in [1.29, 1.82) is 0 Å². The lowest BCUT2D eigenvalue weighted by atomic mass is 10.1. The Balaban J connectivity index is 1.74. The maximum absolute atomic E-state index is 12.2. The monoisotopic (exact) mass is 371 g/mol. The first-order chi connectivity index (χ1) is 11.7. The summed E-state index contributed by atoms with van der Waals surface area (Å²) in [5.74, 6) is -0.472. The van der Waals surface area contributed by atoms with Crippen molar-refractivity contribution in [3.63, 3.8) is 0 Å². The Bertz CT molecular complexity index is 568. The van der Waals surface area contributed by atoms with Gasteiger partial charge in [-0.25, -0.2) is 9.59 Å². The molecule has 2 saturated heterocycles. The van der Waals surface area contributed by atoms with Gasteiger partial charge >= 0.3 is 12.0 Å². The molecule has 0 radical (unpaired) electrons. The molecule has 25 heavy (non-hydrogen) atoms. The predicted molar refractivity (Wildman–Crippen MR) is 92.7 cm³/mol. The summed E-state index contributed by atoms with van der Waals surface area (Å²) in [6.07, 6.45) is 1.93. The van der Waals surface area contributed by atoms with Crippen LogP contribution < -0.4 is 10.6 Å². The van der Waals surface area contributed by atoms with Crippen LogP contribution in [0.3, 0.4) is 0 Å². The van der Waals surface area contributed by atoms with Crippen molar-refractivity contribution in [1.82, 2.24) is 15.5 Å². The summed E-state index contributed by atoms with van der Waals surface area (Å²) in [7, 11) is 0. The first-order valence-electron chi connectivity index (χ1n) is 8.43. The van der Waals surface area contributed by atoms with E-state index >= 15 is 0 Å². The van der Waals surface area contributed by atoms with E-state index in [-0.39, 0.29) is 10.8 Å². The van der Waals surface area contributed by atoms with Crippen LogP contribution in [-0.4, -0.2) is 58.5 Å². The third-order valence-corrected chi connectivity index (χ3v) is 5.83. The van der Waals surface area contributed by atoms with Gasteiger partial charge in [-0.2, -0.15) is 0 Å².